The van der Waals surface area contributed by atoms with Crippen LogP contribution in [0.2, 0.25) is 0 Å². The number of esters is 1. The van der Waals surface area contributed by atoms with Gasteiger partial charge in [0, 0.05) is 6.42 Å². The van der Waals surface area contributed by atoms with E-state index in [-0.39, 0.29) is 12.1 Å². The molecule has 0 aromatic heterocycles. The van der Waals surface area contributed by atoms with Crippen molar-refractivity contribution in [3.8, 4) is 5.75 Å². The molecule has 0 saturated heterocycles. The van der Waals surface area contributed by atoms with E-state index in [1.807, 2.05) is 18.2 Å². The molecule has 0 amide bonds. The number of unbranched alkanes of at least 4 members (excludes halogenated alkanes) is 16. The first-order valence-corrected chi connectivity index (χ1v) is 15.6. The molecule has 1 atom stereocenters. The number of aryl methyl sites for hydroxylation is 1. The van der Waals surface area contributed by atoms with Crippen LogP contribution in [0, 0.1) is 0 Å². The van der Waals surface area contributed by atoms with Crippen LogP contribution in [-0.4, -0.2) is 17.2 Å². The summed E-state index contributed by atoms with van der Waals surface area (Å²) in [5.74, 6) is 0.686. The van der Waals surface area contributed by atoms with Gasteiger partial charge in [-0.05, 0) is 43.7 Å². The van der Waals surface area contributed by atoms with E-state index in [2.05, 4.69) is 19.9 Å². The number of hydrogen-bond acceptors (Lipinski definition) is 3. The molecule has 0 bridgehead atoms. The van der Waals surface area contributed by atoms with Gasteiger partial charge >= 0.3 is 5.97 Å². The van der Waals surface area contributed by atoms with Crippen molar-refractivity contribution in [2.75, 3.05) is 0 Å². The fourth-order valence-corrected chi connectivity index (χ4v) is 4.90. The average Bonchev–Trinajstić information content (AvgIpc) is 2.88. The normalized spacial score (nSPS) is 12.1. The molecule has 0 saturated carbocycles. The molecular weight excluding hydrogens is 444 g/mol. The highest BCUT2D eigenvalue weighted by atomic mass is 16.5. The highest BCUT2D eigenvalue weighted by Crippen LogP contribution is 2.22. The van der Waals surface area contributed by atoms with Crippen LogP contribution in [0.15, 0.2) is 24.3 Å². The summed E-state index contributed by atoms with van der Waals surface area (Å²) in [5, 5.41) is 9.88. The maximum Gasteiger partial charge on any atom is 0.311 e. The molecule has 0 heterocycles. The van der Waals surface area contributed by atoms with Gasteiger partial charge in [0.25, 0.3) is 0 Å². The second-order valence-electron chi connectivity index (χ2n) is 10.8. The number of hydrogen-bond donors (Lipinski definition) is 1. The van der Waals surface area contributed by atoms with E-state index in [9.17, 15) is 9.90 Å². The minimum absolute atomic E-state index is 0.0770. The average molecular weight is 503 g/mol. The summed E-state index contributed by atoms with van der Waals surface area (Å²) in [6.07, 6.45) is 27.0. The van der Waals surface area contributed by atoms with Crippen LogP contribution >= 0.6 is 0 Å². The molecule has 1 rings (SSSR count). The van der Waals surface area contributed by atoms with Crippen molar-refractivity contribution in [3.05, 3.63) is 29.8 Å². The number of carbonyl (C=O) groups is 1. The van der Waals surface area contributed by atoms with Crippen molar-refractivity contribution in [1.29, 1.82) is 0 Å². The standard InChI is InChI=1S/C33H58O3/c1-3-5-7-8-13-16-19-24-30-25-22-23-28-32(30)36-33(35)29-21-18-15-12-10-9-11-14-17-20-27-31(34)26-6-4-2/h22-23,25,28,31,34H,3-21,24,26-27,29H2,1-2H3. The number of para-hydroxylation sites is 1. The third-order valence-corrected chi connectivity index (χ3v) is 7.31. The molecule has 3 heteroatoms. The summed E-state index contributed by atoms with van der Waals surface area (Å²) in [4.78, 5) is 12.4. The van der Waals surface area contributed by atoms with Crippen molar-refractivity contribution in [2.45, 2.75) is 168 Å². The molecule has 1 aromatic carbocycles. The Kier molecular flexibility index (Phi) is 21.8. The number of ether oxygens (including phenoxy) is 1. The SMILES string of the molecule is CCCCCCCCCc1ccccc1OC(=O)CCCCCCCCCCCCC(O)CCCC. The molecular formula is C33H58O3. The van der Waals surface area contributed by atoms with Gasteiger partial charge in [0.05, 0.1) is 6.10 Å². The molecule has 0 fully saturated rings. The molecule has 3 nitrogen and oxygen atoms in total. The molecule has 0 aliphatic rings. The van der Waals surface area contributed by atoms with E-state index >= 15 is 0 Å². The zero-order valence-electron chi connectivity index (χ0n) is 23.9. The largest absolute Gasteiger partial charge is 0.426 e. The minimum Gasteiger partial charge on any atom is -0.426 e. The summed E-state index contributed by atoms with van der Waals surface area (Å²) in [5.41, 5.74) is 1.17. The van der Waals surface area contributed by atoms with Crippen LogP contribution in [-0.2, 0) is 11.2 Å². The van der Waals surface area contributed by atoms with Gasteiger partial charge in [0.2, 0.25) is 0 Å². The topological polar surface area (TPSA) is 46.5 Å². The molecule has 208 valence electrons. The summed E-state index contributed by atoms with van der Waals surface area (Å²) in [6, 6.07) is 8.07. The maximum absolute atomic E-state index is 12.4. The Balaban J connectivity index is 2.00. The minimum atomic E-state index is -0.0816. The maximum atomic E-state index is 12.4. The molecule has 0 aliphatic heterocycles. The van der Waals surface area contributed by atoms with Gasteiger partial charge in [-0.1, -0.05) is 141 Å². The van der Waals surface area contributed by atoms with Crippen molar-refractivity contribution in [2.24, 2.45) is 0 Å². The van der Waals surface area contributed by atoms with Gasteiger partial charge in [-0.25, -0.2) is 0 Å². The molecule has 0 aliphatic carbocycles. The number of aliphatic hydroxyl groups excluding tert-OH is 1. The lowest BCUT2D eigenvalue weighted by molar-refractivity contribution is -0.134. The summed E-state index contributed by atoms with van der Waals surface area (Å²) in [6.45, 7) is 4.44. The van der Waals surface area contributed by atoms with Gasteiger partial charge in [-0.3, -0.25) is 4.79 Å². The van der Waals surface area contributed by atoms with Gasteiger partial charge in [-0.15, -0.1) is 0 Å². The van der Waals surface area contributed by atoms with E-state index in [1.165, 1.54) is 108 Å². The lowest BCUT2D eigenvalue weighted by Gasteiger charge is -2.10. The van der Waals surface area contributed by atoms with Crippen molar-refractivity contribution < 1.29 is 14.6 Å². The first-order chi connectivity index (χ1) is 17.7. The van der Waals surface area contributed by atoms with Gasteiger partial charge in [-0.2, -0.15) is 0 Å². The Morgan fingerprint density at radius 1 is 0.667 bits per heavy atom. The van der Waals surface area contributed by atoms with Gasteiger partial charge in [0.15, 0.2) is 0 Å². The summed E-state index contributed by atoms with van der Waals surface area (Å²) in [7, 11) is 0. The van der Waals surface area contributed by atoms with Crippen LogP contribution in [0.4, 0.5) is 0 Å². The molecule has 0 spiro atoms. The Morgan fingerprint density at radius 2 is 1.17 bits per heavy atom. The van der Waals surface area contributed by atoms with Gasteiger partial charge in [0.1, 0.15) is 5.75 Å². The Bertz CT molecular complexity index is 627. The van der Waals surface area contributed by atoms with Crippen LogP contribution in [0.25, 0.3) is 0 Å². The Morgan fingerprint density at radius 3 is 1.81 bits per heavy atom. The fraction of sp³-hybridized carbons (Fsp3) is 0.788. The third kappa shape index (κ3) is 18.9. The molecule has 1 aromatic rings. The van der Waals surface area contributed by atoms with E-state index < -0.39 is 0 Å². The summed E-state index contributed by atoms with van der Waals surface area (Å²) >= 11 is 0. The number of carbonyl (C=O) groups excluding carboxylic acids is 1. The number of rotatable bonds is 25. The molecule has 1 unspecified atom stereocenters. The van der Waals surface area contributed by atoms with Crippen molar-refractivity contribution in [1.82, 2.24) is 0 Å². The quantitative estimate of drug-likeness (QED) is 0.0821. The zero-order chi connectivity index (χ0) is 26.1. The van der Waals surface area contributed by atoms with Crippen molar-refractivity contribution >= 4 is 5.97 Å². The first-order valence-electron chi connectivity index (χ1n) is 15.6. The fourth-order valence-electron chi connectivity index (χ4n) is 4.90. The highest BCUT2D eigenvalue weighted by molar-refractivity contribution is 5.72. The van der Waals surface area contributed by atoms with Crippen LogP contribution in [0.3, 0.4) is 0 Å². The Hall–Kier alpha value is -1.35. The van der Waals surface area contributed by atoms with E-state index in [0.717, 1.165) is 44.3 Å². The van der Waals surface area contributed by atoms with E-state index in [1.54, 1.807) is 0 Å². The lowest BCUT2D eigenvalue weighted by Crippen LogP contribution is -2.09. The second-order valence-corrected chi connectivity index (χ2v) is 10.8. The van der Waals surface area contributed by atoms with Crippen LogP contribution in [0.5, 0.6) is 5.75 Å². The van der Waals surface area contributed by atoms with Crippen LogP contribution in [0.1, 0.15) is 161 Å². The van der Waals surface area contributed by atoms with Crippen molar-refractivity contribution in [3.63, 3.8) is 0 Å². The van der Waals surface area contributed by atoms with Gasteiger partial charge < -0.3 is 9.84 Å². The smallest absolute Gasteiger partial charge is 0.311 e. The predicted molar refractivity (Wildman–Crippen MR) is 155 cm³/mol. The zero-order valence-corrected chi connectivity index (χ0v) is 23.9. The summed E-state index contributed by atoms with van der Waals surface area (Å²) < 4.78 is 5.73. The monoisotopic (exact) mass is 502 g/mol. The van der Waals surface area contributed by atoms with E-state index in [4.69, 9.17) is 4.74 Å². The van der Waals surface area contributed by atoms with E-state index in [0.29, 0.717) is 6.42 Å². The number of benzene rings is 1. The molecule has 36 heavy (non-hydrogen) atoms. The Labute approximate surface area is 223 Å². The predicted octanol–water partition coefficient (Wildman–Crippen LogP) is 10.1. The number of aliphatic hydroxyl groups is 1. The lowest BCUT2D eigenvalue weighted by atomic mass is 10.0. The highest BCUT2D eigenvalue weighted by Gasteiger charge is 2.09. The molecule has 0 radical (unpaired) electrons. The second kappa shape index (κ2) is 24.0. The third-order valence-electron chi connectivity index (χ3n) is 7.31. The molecule has 1 N–H and O–H groups in total. The van der Waals surface area contributed by atoms with Crippen LogP contribution < -0.4 is 4.74 Å². The first kappa shape index (κ1) is 32.7.